The van der Waals surface area contributed by atoms with E-state index in [2.05, 4.69) is 21.2 Å². The van der Waals surface area contributed by atoms with Crippen molar-refractivity contribution >= 4 is 33.4 Å². The van der Waals surface area contributed by atoms with Gasteiger partial charge in [-0.15, -0.1) is 0 Å². The smallest absolute Gasteiger partial charge is 0.244 e. The monoisotopic (exact) mass is 458 g/mol. The van der Waals surface area contributed by atoms with Gasteiger partial charge in [0.05, 0.1) is 6.04 Å². The zero-order chi connectivity index (χ0) is 20.4. The molecule has 2 aromatic carbocycles. The highest BCUT2D eigenvalue weighted by Gasteiger charge is 2.34. The van der Waals surface area contributed by atoms with E-state index in [9.17, 15) is 14.0 Å². The average Bonchev–Trinajstić information content (AvgIpc) is 2.85. The van der Waals surface area contributed by atoms with E-state index < -0.39 is 6.04 Å². The molecule has 2 amide bonds. The van der Waals surface area contributed by atoms with Gasteiger partial charge in [-0.05, 0) is 54.7 Å². The molecule has 6 heteroatoms. The molecule has 0 saturated heterocycles. The molecule has 4 rings (SSSR count). The van der Waals surface area contributed by atoms with Crippen molar-refractivity contribution in [1.29, 1.82) is 0 Å². The second kappa shape index (κ2) is 8.66. The summed E-state index contributed by atoms with van der Waals surface area (Å²) in [6.45, 7) is -0.0140. The molecule has 0 unspecified atom stereocenters. The van der Waals surface area contributed by atoms with Crippen LogP contribution in [0.2, 0.25) is 0 Å². The minimum Gasteiger partial charge on any atom is -0.324 e. The van der Waals surface area contributed by atoms with Gasteiger partial charge in [0.15, 0.2) is 0 Å². The van der Waals surface area contributed by atoms with E-state index in [1.807, 2.05) is 18.2 Å². The number of hydrogen-bond donors (Lipinski definition) is 1. The van der Waals surface area contributed by atoms with Crippen molar-refractivity contribution in [2.24, 2.45) is 5.92 Å². The Labute approximate surface area is 178 Å². The number of benzene rings is 2. The molecule has 0 aromatic heterocycles. The molecule has 0 radical (unpaired) electrons. The predicted octanol–water partition coefficient (Wildman–Crippen LogP) is 5.43. The maximum Gasteiger partial charge on any atom is 0.244 e. The van der Waals surface area contributed by atoms with E-state index in [1.54, 1.807) is 17.0 Å². The maximum absolute atomic E-state index is 13.6. The van der Waals surface area contributed by atoms with E-state index in [-0.39, 0.29) is 24.2 Å². The number of rotatable bonds is 3. The molecule has 4 nitrogen and oxygen atoms in total. The van der Waals surface area contributed by atoms with Gasteiger partial charge in [-0.3, -0.25) is 9.59 Å². The summed E-state index contributed by atoms with van der Waals surface area (Å²) >= 11 is 3.50. The topological polar surface area (TPSA) is 49.4 Å². The van der Waals surface area contributed by atoms with Crippen LogP contribution in [-0.2, 0) is 9.59 Å². The Morgan fingerprint density at radius 2 is 1.83 bits per heavy atom. The normalized spacial score (nSPS) is 20.0. The minimum absolute atomic E-state index is 0.0140. The number of hydrogen-bond acceptors (Lipinski definition) is 2. The van der Waals surface area contributed by atoms with Gasteiger partial charge in [-0.2, -0.15) is 0 Å². The number of nitrogens with zero attached hydrogens (tertiary/aromatic N) is 1. The third kappa shape index (κ3) is 4.53. The lowest BCUT2D eigenvalue weighted by atomic mass is 9.86. The first-order valence-electron chi connectivity index (χ1n) is 10.2. The molecule has 0 spiro atoms. The molecule has 152 valence electrons. The fraction of sp³-hybridized carbons (Fsp3) is 0.391. The largest absolute Gasteiger partial charge is 0.324 e. The fourth-order valence-electron chi connectivity index (χ4n) is 4.47. The molecule has 1 N–H and O–H groups in total. The van der Waals surface area contributed by atoms with Gasteiger partial charge in [-0.25, -0.2) is 4.39 Å². The molecular formula is C23H24BrFN2O2. The van der Waals surface area contributed by atoms with Crippen molar-refractivity contribution in [1.82, 2.24) is 4.90 Å². The van der Waals surface area contributed by atoms with Gasteiger partial charge in [0, 0.05) is 22.1 Å². The van der Waals surface area contributed by atoms with Crippen LogP contribution in [0, 0.1) is 11.7 Å². The lowest BCUT2D eigenvalue weighted by molar-refractivity contribution is -0.137. The maximum atomic E-state index is 13.6. The van der Waals surface area contributed by atoms with Crippen LogP contribution >= 0.6 is 15.9 Å². The molecule has 1 fully saturated rings. The summed E-state index contributed by atoms with van der Waals surface area (Å²) in [5.41, 5.74) is 2.30. The van der Waals surface area contributed by atoms with Crippen LogP contribution in [0.1, 0.15) is 55.7 Å². The van der Waals surface area contributed by atoms with Gasteiger partial charge in [-0.1, -0.05) is 47.3 Å². The van der Waals surface area contributed by atoms with Crippen LogP contribution in [0.4, 0.5) is 10.1 Å². The van der Waals surface area contributed by atoms with Gasteiger partial charge in [0.1, 0.15) is 12.4 Å². The summed E-state index contributed by atoms with van der Waals surface area (Å²) in [6.07, 6.45) is 6.14. The predicted molar refractivity (Wildman–Crippen MR) is 114 cm³/mol. The molecule has 1 heterocycles. The third-order valence-corrected chi connectivity index (χ3v) is 6.40. The van der Waals surface area contributed by atoms with E-state index in [4.69, 9.17) is 0 Å². The summed E-state index contributed by atoms with van der Waals surface area (Å²) in [5, 5.41) is 2.92. The fourth-order valence-corrected chi connectivity index (χ4v) is 4.85. The summed E-state index contributed by atoms with van der Waals surface area (Å²) in [6, 6.07) is 11.4. The zero-order valence-corrected chi connectivity index (χ0v) is 17.8. The molecular weight excluding hydrogens is 435 g/mol. The first-order chi connectivity index (χ1) is 14.0. The summed E-state index contributed by atoms with van der Waals surface area (Å²) in [7, 11) is 0. The van der Waals surface area contributed by atoms with Gasteiger partial charge < -0.3 is 10.2 Å². The Bertz CT molecular complexity index is 910. The van der Waals surface area contributed by atoms with Crippen LogP contribution in [0.25, 0.3) is 0 Å². The first-order valence-corrected chi connectivity index (χ1v) is 10.9. The van der Waals surface area contributed by atoms with E-state index in [0.29, 0.717) is 18.0 Å². The number of carbonyl (C=O) groups excluding carboxylic acids is 2. The number of halogens is 2. The number of carbonyl (C=O) groups is 2. The Balaban J connectivity index is 1.74. The lowest BCUT2D eigenvalue weighted by Crippen LogP contribution is -2.39. The molecule has 1 saturated carbocycles. The van der Waals surface area contributed by atoms with Crippen LogP contribution < -0.4 is 5.32 Å². The van der Waals surface area contributed by atoms with Gasteiger partial charge >= 0.3 is 0 Å². The van der Waals surface area contributed by atoms with Crippen molar-refractivity contribution < 1.29 is 14.0 Å². The average molecular weight is 459 g/mol. The Morgan fingerprint density at radius 1 is 1.10 bits per heavy atom. The van der Waals surface area contributed by atoms with E-state index in [1.165, 1.54) is 18.6 Å². The first kappa shape index (κ1) is 20.1. The van der Waals surface area contributed by atoms with Crippen LogP contribution in [0.5, 0.6) is 0 Å². The lowest BCUT2D eigenvalue weighted by Gasteiger charge is -2.32. The van der Waals surface area contributed by atoms with Crippen molar-refractivity contribution in [2.45, 2.75) is 44.6 Å². The van der Waals surface area contributed by atoms with E-state index >= 15 is 0 Å². The Hall–Kier alpha value is -2.21. The number of anilines is 1. The second-order valence-corrected chi connectivity index (χ2v) is 8.88. The quantitative estimate of drug-likeness (QED) is 0.666. The molecule has 0 bridgehead atoms. The molecule has 1 aliphatic heterocycles. The van der Waals surface area contributed by atoms with Crippen LogP contribution in [0.3, 0.4) is 0 Å². The third-order valence-electron chi connectivity index (χ3n) is 5.90. The molecule has 1 aliphatic carbocycles. The van der Waals surface area contributed by atoms with Crippen LogP contribution in [-0.4, -0.2) is 23.3 Å². The highest BCUT2D eigenvalue weighted by atomic mass is 79.9. The summed E-state index contributed by atoms with van der Waals surface area (Å²) in [4.78, 5) is 27.6. The SMILES string of the molecule is O=C1CN(C(=O)CC2CCCCC2)[C@@H](c2ccc(F)cc2)c2cc(Br)ccc2N1. The number of fused-ring (bicyclic) bond motifs is 1. The summed E-state index contributed by atoms with van der Waals surface area (Å²) < 4.78 is 14.4. The second-order valence-electron chi connectivity index (χ2n) is 7.96. The van der Waals surface area contributed by atoms with Crippen molar-refractivity contribution in [3.05, 3.63) is 63.9 Å². The highest BCUT2D eigenvalue weighted by molar-refractivity contribution is 9.10. The minimum atomic E-state index is -0.446. The number of amides is 2. The highest BCUT2D eigenvalue weighted by Crippen LogP contribution is 2.38. The Morgan fingerprint density at radius 3 is 2.55 bits per heavy atom. The van der Waals surface area contributed by atoms with Crippen molar-refractivity contribution in [2.75, 3.05) is 11.9 Å². The van der Waals surface area contributed by atoms with Crippen molar-refractivity contribution in [3.8, 4) is 0 Å². The standard InChI is InChI=1S/C23H24BrFN2O2/c24-17-8-11-20-19(13-17)23(16-6-9-18(25)10-7-16)27(14-21(28)26-20)22(29)12-15-4-2-1-3-5-15/h6-11,13,15,23H,1-5,12,14H2,(H,26,28)/t23-/m0/s1. The Kier molecular flexibility index (Phi) is 5.99. The zero-order valence-electron chi connectivity index (χ0n) is 16.2. The van der Waals surface area contributed by atoms with E-state index in [0.717, 1.165) is 41.3 Å². The molecule has 29 heavy (non-hydrogen) atoms. The molecule has 2 aliphatic rings. The van der Waals surface area contributed by atoms with Gasteiger partial charge in [0.2, 0.25) is 11.8 Å². The molecule has 2 aromatic rings. The van der Waals surface area contributed by atoms with Crippen LogP contribution in [0.15, 0.2) is 46.9 Å². The number of nitrogens with one attached hydrogen (secondary N) is 1. The molecule has 1 atom stereocenters. The van der Waals surface area contributed by atoms with Gasteiger partial charge in [0.25, 0.3) is 0 Å². The summed E-state index contributed by atoms with van der Waals surface area (Å²) in [5.74, 6) is -0.186. The van der Waals surface area contributed by atoms with Crippen molar-refractivity contribution in [3.63, 3.8) is 0 Å².